The zero-order chi connectivity index (χ0) is 33.1. The molecule has 0 radical (unpaired) electrons. The number of benzene rings is 5. The largest absolute Gasteiger partial charge is 0.497 e. The number of ketones is 1. The summed E-state index contributed by atoms with van der Waals surface area (Å²) < 4.78 is 77.3. The SMILES string of the molecule is COc1ccc(S(OS(C)(=O)=O)(c2ccc(Sc3cccc(Cl)c3C(=O)c3ccccc3)cc2)c2ccc(C(F)(F)F)cc2)cc1. The molecule has 0 amide bonds. The predicted molar refractivity (Wildman–Crippen MR) is 175 cm³/mol. The average Bonchev–Trinajstić information content (AvgIpc) is 3.03. The third-order valence-corrected chi connectivity index (χ3v) is 12.7. The summed E-state index contributed by atoms with van der Waals surface area (Å²) >= 11 is 7.79. The summed E-state index contributed by atoms with van der Waals surface area (Å²) in [5.74, 6) is 0.259. The van der Waals surface area contributed by atoms with Crippen LogP contribution >= 0.6 is 33.7 Å². The van der Waals surface area contributed by atoms with Crippen LogP contribution in [0.5, 0.6) is 5.75 Å². The molecule has 0 aromatic heterocycles. The van der Waals surface area contributed by atoms with Crippen molar-refractivity contribution in [2.45, 2.75) is 30.7 Å². The van der Waals surface area contributed by atoms with Crippen LogP contribution in [0.4, 0.5) is 13.2 Å². The molecule has 0 aliphatic heterocycles. The molecule has 46 heavy (non-hydrogen) atoms. The van der Waals surface area contributed by atoms with E-state index in [9.17, 15) is 26.4 Å². The summed E-state index contributed by atoms with van der Waals surface area (Å²) in [6, 6.07) is 31.5. The van der Waals surface area contributed by atoms with Gasteiger partial charge in [0, 0.05) is 30.0 Å². The van der Waals surface area contributed by atoms with Gasteiger partial charge in [0.1, 0.15) is 5.75 Å². The van der Waals surface area contributed by atoms with Gasteiger partial charge in [-0.25, -0.2) is 3.63 Å². The van der Waals surface area contributed by atoms with E-state index in [0.717, 1.165) is 18.4 Å². The third kappa shape index (κ3) is 7.29. The van der Waals surface area contributed by atoms with Crippen LogP contribution in [0.15, 0.2) is 146 Å². The Kier molecular flexibility index (Phi) is 9.90. The molecule has 0 saturated carbocycles. The molecule has 0 saturated heterocycles. The Morgan fingerprint density at radius 2 is 1.28 bits per heavy atom. The highest BCUT2D eigenvalue weighted by Crippen LogP contribution is 2.70. The van der Waals surface area contributed by atoms with Crippen LogP contribution < -0.4 is 4.74 Å². The van der Waals surface area contributed by atoms with Crippen molar-refractivity contribution in [3.05, 3.63) is 143 Å². The first kappa shape index (κ1) is 33.6. The maximum absolute atomic E-state index is 13.5. The van der Waals surface area contributed by atoms with E-state index in [1.165, 1.54) is 31.0 Å². The lowest BCUT2D eigenvalue weighted by Gasteiger charge is -2.39. The lowest BCUT2D eigenvalue weighted by atomic mass is 10.0. The number of hydrogen-bond donors (Lipinski definition) is 0. The van der Waals surface area contributed by atoms with Crippen molar-refractivity contribution in [1.82, 2.24) is 0 Å². The quantitative estimate of drug-likeness (QED) is 0.135. The van der Waals surface area contributed by atoms with Gasteiger partial charge < -0.3 is 4.74 Å². The van der Waals surface area contributed by atoms with Crippen molar-refractivity contribution >= 4 is 49.6 Å². The van der Waals surface area contributed by atoms with Gasteiger partial charge in [0.25, 0.3) is 10.1 Å². The Morgan fingerprint density at radius 3 is 1.80 bits per heavy atom. The summed E-state index contributed by atoms with van der Waals surface area (Å²) in [6.07, 6.45) is -3.69. The molecule has 0 spiro atoms. The fourth-order valence-corrected chi connectivity index (χ4v) is 10.8. The van der Waals surface area contributed by atoms with Crippen LogP contribution in [0.3, 0.4) is 0 Å². The Balaban J connectivity index is 1.62. The first-order valence-electron chi connectivity index (χ1n) is 13.5. The minimum atomic E-state index is -4.59. The standard InChI is InChI=1S/C34H26ClF3O5S3/c1-42-25-13-19-28(20-14-25)46(43-45(2,40)41,27-17-11-24(12-18-27)34(36,37)38)29-21-15-26(16-22-29)44-31-10-6-9-30(35)32(31)33(39)23-7-4-3-5-8-23/h3-22H,1-2H3. The normalized spacial score (nSPS) is 13.9. The van der Waals surface area contributed by atoms with E-state index in [-0.39, 0.29) is 10.7 Å². The number of halogens is 4. The van der Waals surface area contributed by atoms with Gasteiger partial charge >= 0.3 is 6.18 Å². The molecule has 0 heterocycles. The van der Waals surface area contributed by atoms with Crippen molar-refractivity contribution in [2.75, 3.05) is 13.4 Å². The zero-order valence-corrected chi connectivity index (χ0v) is 27.5. The topological polar surface area (TPSA) is 69.7 Å². The third-order valence-electron chi connectivity index (χ3n) is 6.75. The molecule has 238 valence electrons. The van der Waals surface area contributed by atoms with Gasteiger partial charge in [0.2, 0.25) is 0 Å². The monoisotopic (exact) mass is 702 g/mol. The van der Waals surface area contributed by atoms with Crippen LogP contribution in [0.1, 0.15) is 21.5 Å². The smallest absolute Gasteiger partial charge is 0.416 e. The van der Waals surface area contributed by atoms with Gasteiger partial charge in [0.05, 0.1) is 29.5 Å². The van der Waals surface area contributed by atoms with Gasteiger partial charge in [-0.2, -0.15) is 21.6 Å². The number of alkyl halides is 3. The van der Waals surface area contributed by atoms with Crippen LogP contribution in [-0.2, 0) is 19.9 Å². The highest BCUT2D eigenvalue weighted by molar-refractivity contribution is 8.33. The molecule has 0 bridgehead atoms. The molecular formula is C34H26ClF3O5S3. The minimum Gasteiger partial charge on any atom is -0.497 e. The number of rotatable bonds is 10. The van der Waals surface area contributed by atoms with Crippen molar-refractivity contribution in [2.24, 2.45) is 0 Å². The first-order valence-corrected chi connectivity index (χ1v) is 18.1. The van der Waals surface area contributed by atoms with E-state index in [2.05, 4.69) is 0 Å². The fraction of sp³-hybridized carbons (Fsp3) is 0.0882. The maximum Gasteiger partial charge on any atom is 0.416 e. The number of carbonyl (C=O) groups is 1. The Bertz CT molecular complexity index is 1950. The van der Waals surface area contributed by atoms with Crippen LogP contribution in [0, 0.1) is 0 Å². The average molecular weight is 703 g/mol. The Labute approximate surface area is 276 Å². The number of ether oxygens (including phenoxy) is 1. The van der Waals surface area contributed by atoms with E-state index in [4.69, 9.17) is 20.0 Å². The van der Waals surface area contributed by atoms with E-state index in [1.54, 1.807) is 91.0 Å². The predicted octanol–water partition coefficient (Wildman–Crippen LogP) is 9.92. The first-order chi connectivity index (χ1) is 21.8. The molecule has 0 aliphatic rings. The molecule has 0 fully saturated rings. The second kappa shape index (κ2) is 13.5. The minimum absolute atomic E-state index is 0.238. The van der Waals surface area contributed by atoms with Gasteiger partial charge in [-0.3, -0.25) is 4.79 Å². The molecule has 5 aromatic rings. The van der Waals surface area contributed by atoms with Crippen LogP contribution in [-0.4, -0.2) is 27.6 Å². The summed E-state index contributed by atoms with van der Waals surface area (Å²) in [7, 11) is -5.81. The summed E-state index contributed by atoms with van der Waals surface area (Å²) in [4.78, 5) is 15.8. The van der Waals surface area contributed by atoms with E-state index in [0.29, 0.717) is 41.5 Å². The summed E-state index contributed by atoms with van der Waals surface area (Å²) in [5, 5.41) is 0.294. The molecule has 5 nitrogen and oxygen atoms in total. The van der Waals surface area contributed by atoms with Crippen molar-refractivity contribution in [1.29, 1.82) is 0 Å². The molecule has 0 aliphatic carbocycles. The number of hydrogen-bond acceptors (Lipinski definition) is 6. The number of carbonyl (C=O) groups excluding carboxylic acids is 1. The van der Waals surface area contributed by atoms with Crippen molar-refractivity contribution in [3.8, 4) is 5.75 Å². The maximum atomic E-state index is 13.5. The molecular weight excluding hydrogens is 677 g/mol. The van der Waals surface area contributed by atoms with Gasteiger partial charge in [0.15, 0.2) is 5.78 Å². The van der Waals surface area contributed by atoms with Crippen molar-refractivity contribution in [3.63, 3.8) is 0 Å². The lowest BCUT2D eigenvalue weighted by Crippen LogP contribution is -2.13. The highest BCUT2D eigenvalue weighted by atomic mass is 35.5. The van der Waals surface area contributed by atoms with Gasteiger partial charge in [-0.05, 0) is 95.2 Å². The molecule has 5 aromatic carbocycles. The van der Waals surface area contributed by atoms with E-state index in [1.807, 2.05) is 6.07 Å². The summed E-state index contributed by atoms with van der Waals surface area (Å²) in [5.41, 5.74) is -0.0595. The second-order valence-electron chi connectivity index (χ2n) is 9.91. The second-order valence-corrected chi connectivity index (χ2v) is 15.9. The molecule has 5 rings (SSSR count). The molecule has 0 N–H and O–H groups in total. The zero-order valence-electron chi connectivity index (χ0n) is 24.3. The van der Waals surface area contributed by atoms with E-state index >= 15 is 0 Å². The van der Waals surface area contributed by atoms with E-state index < -0.39 is 32.2 Å². The fourth-order valence-electron chi connectivity index (χ4n) is 4.68. The molecule has 1 unspecified atom stereocenters. The van der Waals surface area contributed by atoms with Crippen LogP contribution in [0.2, 0.25) is 5.02 Å². The molecule has 1 atom stereocenters. The van der Waals surface area contributed by atoms with Gasteiger partial charge in [-0.1, -0.05) is 59.8 Å². The highest BCUT2D eigenvalue weighted by Gasteiger charge is 2.38. The Morgan fingerprint density at radius 1 is 0.739 bits per heavy atom. The van der Waals surface area contributed by atoms with Gasteiger partial charge in [-0.15, -0.1) is 0 Å². The summed E-state index contributed by atoms with van der Waals surface area (Å²) in [6.45, 7) is 0. The van der Waals surface area contributed by atoms with Crippen LogP contribution in [0.25, 0.3) is 0 Å². The lowest BCUT2D eigenvalue weighted by molar-refractivity contribution is -0.137. The number of methoxy groups -OCH3 is 1. The van der Waals surface area contributed by atoms with Crippen molar-refractivity contribution < 1.29 is 34.7 Å². The molecule has 12 heteroatoms. The Hall–Kier alpha value is -3.74.